The number of halogens is 2. The highest BCUT2D eigenvalue weighted by atomic mass is 19.3. The number of nitrogens with one attached hydrogen (secondary N) is 1. The quantitative estimate of drug-likeness (QED) is 0.825. The Morgan fingerprint density at radius 2 is 2.06 bits per heavy atom. The van der Waals surface area contributed by atoms with Gasteiger partial charge in [-0.3, -0.25) is 0 Å². The number of aromatic carboxylic acids is 1. The molecule has 0 fully saturated rings. The summed E-state index contributed by atoms with van der Waals surface area (Å²) in [5, 5.41) is 9.03. The lowest BCUT2D eigenvalue weighted by Gasteiger charge is -2.03. The zero-order chi connectivity index (χ0) is 11.9. The summed E-state index contributed by atoms with van der Waals surface area (Å²) in [4.78, 5) is 13.3. The minimum atomic E-state index is -2.61. The molecule has 0 amide bonds. The first-order valence-electron chi connectivity index (χ1n) is 4.63. The average molecular weight is 225 g/mol. The number of alkyl halides is 2. The van der Waals surface area contributed by atoms with Crippen LogP contribution in [0.5, 0.6) is 0 Å². The summed E-state index contributed by atoms with van der Waals surface area (Å²) < 4.78 is 25.5. The van der Waals surface area contributed by atoms with E-state index in [-0.39, 0.29) is 16.6 Å². The summed E-state index contributed by atoms with van der Waals surface area (Å²) in [6, 6.07) is 4.25. The zero-order valence-electron chi connectivity index (χ0n) is 8.42. The molecular weight excluding hydrogens is 216 g/mol. The van der Waals surface area contributed by atoms with Crippen molar-refractivity contribution in [1.29, 1.82) is 0 Å². The second-order valence-corrected chi connectivity index (χ2v) is 3.60. The van der Waals surface area contributed by atoms with Crippen LogP contribution >= 0.6 is 0 Å². The molecule has 0 saturated heterocycles. The van der Waals surface area contributed by atoms with Crippen LogP contribution in [0.15, 0.2) is 18.2 Å². The Bertz CT molecular complexity index is 560. The molecule has 3 nitrogen and oxygen atoms in total. The Labute approximate surface area is 89.7 Å². The molecule has 84 valence electrons. The lowest BCUT2D eigenvalue weighted by Crippen LogP contribution is -1.94. The van der Waals surface area contributed by atoms with Crippen LogP contribution in [0.2, 0.25) is 0 Å². The third-order valence-electron chi connectivity index (χ3n) is 2.38. The van der Waals surface area contributed by atoms with Gasteiger partial charge in [-0.25, -0.2) is 13.6 Å². The van der Waals surface area contributed by atoms with Crippen molar-refractivity contribution < 1.29 is 18.7 Å². The van der Waals surface area contributed by atoms with E-state index in [4.69, 9.17) is 5.11 Å². The van der Waals surface area contributed by atoms with Crippen LogP contribution in [-0.4, -0.2) is 16.1 Å². The van der Waals surface area contributed by atoms with E-state index >= 15 is 0 Å². The molecule has 16 heavy (non-hydrogen) atoms. The lowest BCUT2D eigenvalue weighted by molar-refractivity contribution is 0.0691. The van der Waals surface area contributed by atoms with Crippen molar-refractivity contribution in [2.45, 2.75) is 13.3 Å². The van der Waals surface area contributed by atoms with Crippen molar-refractivity contribution in [3.63, 3.8) is 0 Å². The van der Waals surface area contributed by atoms with E-state index in [1.54, 1.807) is 13.0 Å². The summed E-state index contributed by atoms with van der Waals surface area (Å²) in [5.74, 6) is -1.16. The summed E-state index contributed by atoms with van der Waals surface area (Å²) in [5.41, 5.74) is 0.871. The van der Waals surface area contributed by atoms with E-state index in [2.05, 4.69) is 4.98 Å². The van der Waals surface area contributed by atoms with Gasteiger partial charge in [0.05, 0.1) is 0 Å². The van der Waals surface area contributed by atoms with Gasteiger partial charge in [0.2, 0.25) is 0 Å². The summed E-state index contributed by atoms with van der Waals surface area (Å²) in [7, 11) is 0. The summed E-state index contributed by atoms with van der Waals surface area (Å²) in [6.07, 6.45) is -2.61. The monoisotopic (exact) mass is 225 g/mol. The predicted molar refractivity (Wildman–Crippen MR) is 55.0 cm³/mol. The predicted octanol–water partition coefficient (Wildman–Crippen LogP) is 3.11. The first-order valence-corrected chi connectivity index (χ1v) is 4.63. The number of carboxylic acid groups (broad SMARTS) is 1. The molecule has 0 aliphatic heterocycles. The van der Waals surface area contributed by atoms with Gasteiger partial charge in [-0.05, 0) is 30.7 Å². The molecule has 2 aromatic rings. The highest BCUT2D eigenvalue weighted by Gasteiger charge is 2.16. The van der Waals surface area contributed by atoms with E-state index in [0.29, 0.717) is 11.1 Å². The topological polar surface area (TPSA) is 53.1 Å². The molecule has 1 heterocycles. The number of hydrogen-bond donors (Lipinski definition) is 2. The number of aromatic nitrogens is 1. The van der Waals surface area contributed by atoms with Crippen molar-refractivity contribution in [2.75, 3.05) is 0 Å². The van der Waals surface area contributed by atoms with Crippen LogP contribution in [0.4, 0.5) is 8.78 Å². The molecule has 1 aromatic carbocycles. The van der Waals surface area contributed by atoms with Crippen molar-refractivity contribution >= 4 is 16.9 Å². The van der Waals surface area contributed by atoms with Crippen LogP contribution in [0.25, 0.3) is 10.9 Å². The number of fused-ring (bicyclic) bond motifs is 1. The number of hydrogen-bond acceptors (Lipinski definition) is 1. The van der Waals surface area contributed by atoms with Gasteiger partial charge in [0.25, 0.3) is 6.43 Å². The minimum Gasteiger partial charge on any atom is -0.477 e. The maximum Gasteiger partial charge on any atom is 0.352 e. The Morgan fingerprint density at radius 3 is 2.62 bits per heavy atom. The normalized spacial score (nSPS) is 11.2. The van der Waals surface area contributed by atoms with E-state index in [1.165, 1.54) is 12.1 Å². The molecule has 0 unspecified atom stereocenters. The Morgan fingerprint density at radius 1 is 1.38 bits per heavy atom. The molecule has 0 spiro atoms. The summed E-state index contributed by atoms with van der Waals surface area (Å²) >= 11 is 0. The molecular formula is C11H9F2NO2. The maximum absolute atomic E-state index is 12.7. The number of aryl methyl sites for hydroxylation is 1. The molecule has 0 atom stereocenters. The summed E-state index contributed by atoms with van der Waals surface area (Å²) in [6.45, 7) is 1.69. The van der Waals surface area contributed by atoms with E-state index in [1.807, 2.05) is 0 Å². The minimum absolute atomic E-state index is 0.0810. The average Bonchev–Trinajstić information content (AvgIpc) is 2.59. The molecule has 0 bridgehead atoms. The first kappa shape index (κ1) is 10.6. The number of carbonyl (C=O) groups is 1. The molecule has 2 N–H and O–H groups in total. The number of benzene rings is 1. The van der Waals surface area contributed by atoms with Crippen LogP contribution in [0.3, 0.4) is 0 Å². The zero-order valence-corrected chi connectivity index (χ0v) is 8.42. The van der Waals surface area contributed by atoms with Gasteiger partial charge in [-0.1, -0.05) is 0 Å². The fraction of sp³-hybridized carbons (Fsp3) is 0.182. The first-order chi connectivity index (χ1) is 7.49. The number of H-pyrrole nitrogens is 1. The second-order valence-electron chi connectivity index (χ2n) is 3.60. The van der Waals surface area contributed by atoms with Gasteiger partial charge in [0.1, 0.15) is 5.69 Å². The largest absolute Gasteiger partial charge is 0.477 e. The van der Waals surface area contributed by atoms with E-state index in [0.717, 1.165) is 0 Å². The Kier molecular flexibility index (Phi) is 2.38. The molecule has 0 saturated carbocycles. The van der Waals surface area contributed by atoms with Crippen LogP contribution in [0, 0.1) is 6.92 Å². The van der Waals surface area contributed by atoms with Gasteiger partial charge >= 0.3 is 5.97 Å². The third kappa shape index (κ3) is 1.64. The molecule has 0 aliphatic rings. The van der Waals surface area contributed by atoms with Gasteiger partial charge in [0, 0.05) is 16.5 Å². The fourth-order valence-corrected chi connectivity index (χ4v) is 1.71. The number of aromatic amines is 1. The van der Waals surface area contributed by atoms with Crippen LogP contribution in [-0.2, 0) is 0 Å². The van der Waals surface area contributed by atoms with Gasteiger partial charge in [0.15, 0.2) is 0 Å². The standard InChI is InChI=1S/C11H9F2NO2/c1-5-2-7(10(12)13)6-4-9(11(15)16)14-8(6)3-5/h2-4,10,14H,1H3,(H,15,16). The van der Waals surface area contributed by atoms with Gasteiger partial charge < -0.3 is 10.1 Å². The highest BCUT2D eigenvalue weighted by Crippen LogP contribution is 2.29. The SMILES string of the molecule is Cc1cc(C(F)F)c2cc(C(=O)O)[nH]c2c1. The van der Waals surface area contributed by atoms with Crippen LogP contribution in [0.1, 0.15) is 28.0 Å². The third-order valence-corrected chi connectivity index (χ3v) is 2.38. The van der Waals surface area contributed by atoms with E-state index < -0.39 is 12.4 Å². The van der Waals surface area contributed by atoms with Gasteiger partial charge in [-0.2, -0.15) is 0 Å². The smallest absolute Gasteiger partial charge is 0.352 e. The van der Waals surface area contributed by atoms with Crippen molar-refractivity contribution in [2.24, 2.45) is 0 Å². The molecule has 1 aromatic heterocycles. The molecule has 2 rings (SSSR count). The number of rotatable bonds is 2. The Balaban J connectivity index is 2.75. The molecule has 0 aliphatic carbocycles. The van der Waals surface area contributed by atoms with Crippen molar-refractivity contribution in [3.05, 3.63) is 35.0 Å². The maximum atomic E-state index is 12.7. The van der Waals surface area contributed by atoms with Gasteiger partial charge in [-0.15, -0.1) is 0 Å². The second kappa shape index (κ2) is 3.59. The molecule has 5 heteroatoms. The van der Waals surface area contributed by atoms with E-state index in [9.17, 15) is 13.6 Å². The molecule has 0 radical (unpaired) electrons. The lowest BCUT2D eigenvalue weighted by atomic mass is 10.1. The Hall–Kier alpha value is -1.91. The van der Waals surface area contributed by atoms with Crippen molar-refractivity contribution in [1.82, 2.24) is 4.98 Å². The highest BCUT2D eigenvalue weighted by molar-refractivity contribution is 5.95. The van der Waals surface area contributed by atoms with Crippen molar-refractivity contribution in [3.8, 4) is 0 Å². The van der Waals surface area contributed by atoms with Crippen LogP contribution < -0.4 is 0 Å². The fourth-order valence-electron chi connectivity index (χ4n) is 1.71. The number of carboxylic acids is 1.